The zero-order valence-electron chi connectivity index (χ0n) is 15.3. The minimum absolute atomic E-state index is 0.106. The molecule has 150 valence electrons. The molecule has 28 heavy (non-hydrogen) atoms. The van der Waals surface area contributed by atoms with Gasteiger partial charge in [-0.2, -0.15) is 0 Å². The number of carbonyl (C=O) groups is 2. The van der Waals surface area contributed by atoms with Crippen LogP contribution in [0.25, 0.3) is 0 Å². The zero-order chi connectivity index (χ0) is 20.8. The molecule has 0 atom stereocenters. The Balaban J connectivity index is 1.85. The lowest BCUT2D eigenvalue weighted by Gasteiger charge is -2.21. The van der Waals surface area contributed by atoms with Gasteiger partial charge in [0.15, 0.2) is 17.5 Å². The maximum atomic E-state index is 13.6. The number of carbonyl (C=O) groups excluding carboxylic acids is 2. The lowest BCUT2D eigenvalue weighted by Crippen LogP contribution is -2.39. The molecule has 0 unspecified atom stereocenters. The van der Waals surface area contributed by atoms with E-state index in [9.17, 15) is 27.2 Å². The van der Waals surface area contributed by atoms with Crippen LogP contribution in [0.2, 0.25) is 0 Å². The molecule has 0 saturated heterocycles. The van der Waals surface area contributed by atoms with Crippen LogP contribution in [0.5, 0.6) is 0 Å². The lowest BCUT2D eigenvalue weighted by molar-refractivity contribution is -0.131. The maximum absolute atomic E-state index is 13.6. The van der Waals surface area contributed by atoms with Gasteiger partial charge >= 0.3 is 0 Å². The van der Waals surface area contributed by atoms with Crippen LogP contribution in [0, 0.1) is 23.3 Å². The van der Waals surface area contributed by atoms with Gasteiger partial charge in [-0.1, -0.05) is 12.1 Å². The van der Waals surface area contributed by atoms with Gasteiger partial charge in [0.2, 0.25) is 11.8 Å². The molecule has 0 aromatic heterocycles. The summed E-state index contributed by atoms with van der Waals surface area (Å²) in [6.07, 6.45) is 0. The molecule has 5 nitrogen and oxygen atoms in total. The van der Waals surface area contributed by atoms with E-state index in [4.69, 9.17) is 0 Å². The summed E-state index contributed by atoms with van der Waals surface area (Å²) in [5.41, 5.74) is 0.253. The highest BCUT2D eigenvalue weighted by atomic mass is 19.2. The SMILES string of the molecule is CN(CC(=O)Nc1ccc(F)c(F)c1F)CC(=O)N(C)Cc1ccc(F)cc1. The van der Waals surface area contributed by atoms with Gasteiger partial charge < -0.3 is 10.2 Å². The van der Waals surface area contributed by atoms with Crippen LogP contribution in [-0.4, -0.2) is 48.8 Å². The highest BCUT2D eigenvalue weighted by molar-refractivity contribution is 5.92. The second kappa shape index (κ2) is 9.32. The van der Waals surface area contributed by atoms with Crippen molar-refractivity contribution in [1.82, 2.24) is 9.80 Å². The molecule has 0 radical (unpaired) electrons. The summed E-state index contributed by atoms with van der Waals surface area (Å²) in [6.45, 7) is -0.112. The molecule has 2 rings (SSSR count). The minimum atomic E-state index is -1.68. The average Bonchev–Trinajstić information content (AvgIpc) is 2.63. The standard InChI is InChI=1S/C19H19F4N3O2/c1-25(10-16(27)24-15-8-7-14(21)18(22)19(15)23)11-17(28)26(2)9-12-3-5-13(20)6-4-12/h3-8H,9-11H2,1-2H3,(H,24,27). The van der Waals surface area contributed by atoms with Crippen LogP contribution in [-0.2, 0) is 16.1 Å². The van der Waals surface area contributed by atoms with Gasteiger partial charge in [0, 0.05) is 13.6 Å². The summed E-state index contributed by atoms with van der Waals surface area (Å²) in [5, 5.41) is 2.13. The molecule has 0 aliphatic rings. The number of hydrogen-bond acceptors (Lipinski definition) is 3. The van der Waals surface area contributed by atoms with E-state index in [1.54, 1.807) is 19.2 Å². The molecule has 0 spiro atoms. The fourth-order valence-corrected chi connectivity index (χ4v) is 2.42. The number of benzene rings is 2. The van der Waals surface area contributed by atoms with Gasteiger partial charge in [0.05, 0.1) is 18.8 Å². The summed E-state index contributed by atoms with van der Waals surface area (Å²) in [5.74, 6) is -5.89. The first kappa shape index (κ1) is 21.4. The van der Waals surface area contributed by atoms with Gasteiger partial charge in [-0.15, -0.1) is 0 Å². The highest BCUT2D eigenvalue weighted by Gasteiger charge is 2.18. The normalized spacial score (nSPS) is 10.8. The van der Waals surface area contributed by atoms with E-state index in [0.29, 0.717) is 6.07 Å². The molecular weight excluding hydrogens is 378 g/mol. The van der Waals surface area contributed by atoms with Crippen LogP contribution in [0.15, 0.2) is 36.4 Å². The maximum Gasteiger partial charge on any atom is 0.238 e. The quantitative estimate of drug-likeness (QED) is 0.578. The highest BCUT2D eigenvalue weighted by Crippen LogP contribution is 2.19. The van der Waals surface area contributed by atoms with Crippen LogP contribution < -0.4 is 5.32 Å². The van der Waals surface area contributed by atoms with E-state index in [0.717, 1.165) is 11.6 Å². The largest absolute Gasteiger partial charge is 0.340 e. The number of nitrogens with zero attached hydrogens (tertiary/aromatic N) is 2. The monoisotopic (exact) mass is 397 g/mol. The molecule has 0 aliphatic heterocycles. The number of hydrogen-bond donors (Lipinski definition) is 1. The van der Waals surface area contributed by atoms with Crippen molar-refractivity contribution in [2.24, 2.45) is 0 Å². The molecule has 0 saturated carbocycles. The molecule has 2 amide bonds. The molecule has 9 heteroatoms. The predicted molar refractivity (Wildman–Crippen MR) is 95.3 cm³/mol. The molecule has 1 N–H and O–H groups in total. The second-order valence-electron chi connectivity index (χ2n) is 6.32. The average molecular weight is 397 g/mol. The van der Waals surface area contributed by atoms with Crippen molar-refractivity contribution in [1.29, 1.82) is 0 Å². The van der Waals surface area contributed by atoms with Gasteiger partial charge in [-0.05, 0) is 36.9 Å². The summed E-state index contributed by atoms with van der Waals surface area (Å²) >= 11 is 0. The van der Waals surface area contributed by atoms with Crippen molar-refractivity contribution in [3.05, 3.63) is 65.2 Å². The Hall–Kier alpha value is -2.94. The number of amides is 2. The fraction of sp³-hybridized carbons (Fsp3) is 0.263. The van der Waals surface area contributed by atoms with Crippen LogP contribution >= 0.6 is 0 Å². The number of halogens is 4. The Morgan fingerprint density at radius 2 is 1.54 bits per heavy atom. The predicted octanol–water partition coefficient (Wildman–Crippen LogP) is 2.77. The van der Waals surface area contributed by atoms with Crippen molar-refractivity contribution < 1.29 is 27.2 Å². The van der Waals surface area contributed by atoms with Gasteiger partial charge in [0.1, 0.15) is 5.82 Å². The number of rotatable bonds is 7. The molecule has 0 aliphatic carbocycles. The van der Waals surface area contributed by atoms with E-state index < -0.39 is 29.0 Å². The van der Waals surface area contributed by atoms with Gasteiger partial charge in [-0.25, -0.2) is 17.6 Å². The van der Waals surface area contributed by atoms with Crippen LogP contribution in [0.3, 0.4) is 0 Å². The van der Waals surface area contributed by atoms with Crippen molar-refractivity contribution >= 4 is 17.5 Å². The van der Waals surface area contributed by atoms with Crippen molar-refractivity contribution in [3.8, 4) is 0 Å². The Bertz CT molecular complexity index is 859. The Morgan fingerprint density at radius 1 is 0.893 bits per heavy atom. The van der Waals surface area contributed by atoms with Crippen molar-refractivity contribution in [2.75, 3.05) is 32.5 Å². The van der Waals surface area contributed by atoms with E-state index in [-0.39, 0.29) is 31.4 Å². The first-order chi connectivity index (χ1) is 13.2. The smallest absolute Gasteiger partial charge is 0.238 e. The summed E-state index contributed by atoms with van der Waals surface area (Å²) in [4.78, 5) is 27.0. The summed E-state index contributed by atoms with van der Waals surface area (Å²) in [7, 11) is 3.07. The number of anilines is 1. The Morgan fingerprint density at radius 3 is 2.18 bits per heavy atom. The molecule has 0 fully saturated rings. The van der Waals surface area contributed by atoms with E-state index >= 15 is 0 Å². The Labute approximate surface area is 159 Å². The van der Waals surface area contributed by atoms with Crippen molar-refractivity contribution in [2.45, 2.75) is 6.54 Å². The lowest BCUT2D eigenvalue weighted by atomic mass is 10.2. The first-order valence-electron chi connectivity index (χ1n) is 8.27. The molecule has 2 aromatic rings. The van der Waals surface area contributed by atoms with Crippen LogP contribution in [0.1, 0.15) is 5.56 Å². The fourth-order valence-electron chi connectivity index (χ4n) is 2.42. The molecule has 0 bridgehead atoms. The van der Waals surface area contributed by atoms with Crippen LogP contribution in [0.4, 0.5) is 23.2 Å². The van der Waals surface area contributed by atoms with E-state index in [1.165, 1.54) is 29.0 Å². The molecule has 2 aromatic carbocycles. The molecular formula is C19H19F4N3O2. The third kappa shape index (κ3) is 5.78. The van der Waals surface area contributed by atoms with Gasteiger partial charge in [0.25, 0.3) is 0 Å². The Kier molecular flexibility index (Phi) is 7.11. The topological polar surface area (TPSA) is 52.7 Å². The van der Waals surface area contributed by atoms with E-state index in [1.807, 2.05) is 0 Å². The summed E-state index contributed by atoms with van der Waals surface area (Å²) in [6, 6.07) is 7.32. The minimum Gasteiger partial charge on any atom is -0.340 e. The molecule has 0 heterocycles. The van der Waals surface area contributed by atoms with Gasteiger partial charge in [-0.3, -0.25) is 14.5 Å². The number of likely N-dealkylation sites (N-methyl/N-ethyl adjacent to an activating group) is 2. The number of nitrogens with one attached hydrogen (secondary N) is 1. The second-order valence-corrected chi connectivity index (χ2v) is 6.32. The van der Waals surface area contributed by atoms with Crippen molar-refractivity contribution in [3.63, 3.8) is 0 Å². The zero-order valence-corrected chi connectivity index (χ0v) is 15.3. The third-order valence-electron chi connectivity index (χ3n) is 3.89. The summed E-state index contributed by atoms with van der Waals surface area (Å²) < 4.78 is 52.6. The third-order valence-corrected chi connectivity index (χ3v) is 3.89. The van der Waals surface area contributed by atoms with E-state index in [2.05, 4.69) is 5.32 Å². The first-order valence-corrected chi connectivity index (χ1v) is 8.27.